The van der Waals surface area contributed by atoms with Crippen molar-refractivity contribution in [1.82, 2.24) is 0 Å². The quantitative estimate of drug-likeness (QED) is 0.219. The third kappa shape index (κ3) is 3.36. The van der Waals surface area contributed by atoms with Crippen LogP contribution >= 0.6 is 22.6 Å². The standard InChI is InChI=1S/C26H39IO5/c1-17(28)32-21-6-5-19-18-7-10-25(29)13-26(30-15-22(2,3)16-31-26)12-11-24(25,14-27)20(18)8-9-23(19,21)4/h8,18-19,21,29H,5-7,9-16H2,1-4H3/t18?,19?,21-,23-,24-,25+/m0/s1. The van der Waals surface area contributed by atoms with E-state index in [-0.39, 0.29) is 28.3 Å². The summed E-state index contributed by atoms with van der Waals surface area (Å²) in [6.07, 6.45) is 9.57. The molecule has 1 N–H and O–H groups in total. The number of aliphatic hydroxyl groups is 1. The fourth-order valence-corrected chi connectivity index (χ4v) is 9.43. The molecule has 1 saturated heterocycles. The zero-order valence-corrected chi connectivity index (χ0v) is 22.2. The van der Waals surface area contributed by atoms with Gasteiger partial charge in [0.15, 0.2) is 5.79 Å². The Morgan fingerprint density at radius 1 is 1.16 bits per heavy atom. The molecule has 180 valence electrons. The number of carbonyl (C=O) groups is 1. The van der Waals surface area contributed by atoms with Crippen molar-refractivity contribution in [2.75, 3.05) is 17.6 Å². The van der Waals surface area contributed by atoms with Gasteiger partial charge in [-0.3, -0.25) is 4.79 Å². The van der Waals surface area contributed by atoms with Gasteiger partial charge in [-0.2, -0.15) is 0 Å². The van der Waals surface area contributed by atoms with E-state index in [2.05, 4.69) is 49.4 Å². The summed E-state index contributed by atoms with van der Waals surface area (Å²) in [5.41, 5.74) is 0.525. The highest BCUT2D eigenvalue weighted by Crippen LogP contribution is 2.67. The molecule has 3 saturated carbocycles. The average molecular weight is 558 g/mol. The summed E-state index contributed by atoms with van der Waals surface area (Å²) in [7, 11) is 0. The van der Waals surface area contributed by atoms with Gasteiger partial charge >= 0.3 is 5.97 Å². The maximum absolute atomic E-state index is 12.2. The van der Waals surface area contributed by atoms with Gasteiger partial charge in [0.2, 0.25) is 0 Å². The van der Waals surface area contributed by atoms with Crippen LogP contribution in [0.15, 0.2) is 11.6 Å². The van der Waals surface area contributed by atoms with Gasteiger partial charge in [0.25, 0.3) is 0 Å². The summed E-state index contributed by atoms with van der Waals surface area (Å²) in [5, 5.41) is 12.2. The summed E-state index contributed by atoms with van der Waals surface area (Å²) in [5.74, 6) is 0.200. The molecule has 5 nitrogen and oxygen atoms in total. The van der Waals surface area contributed by atoms with Crippen molar-refractivity contribution >= 4 is 28.6 Å². The molecule has 4 fully saturated rings. The number of carbonyl (C=O) groups excluding carboxylic acids is 1. The number of rotatable bonds is 2. The van der Waals surface area contributed by atoms with Gasteiger partial charge < -0.3 is 19.3 Å². The summed E-state index contributed by atoms with van der Waals surface area (Å²) < 4.78 is 19.4. The van der Waals surface area contributed by atoms with Crippen LogP contribution in [0.2, 0.25) is 0 Å². The van der Waals surface area contributed by atoms with Crippen LogP contribution in [-0.4, -0.2) is 46.2 Å². The van der Waals surface area contributed by atoms with Gasteiger partial charge in [-0.1, -0.05) is 55.0 Å². The molecule has 1 aliphatic heterocycles. The highest BCUT2D eigenvalue weighted by atomic mass is 127. The summed E-state index contributed by atoms with van der Waals surface area (Å²) in [4.78, 5) is 11.7. The second-order valence-corrected chi connectivity index (χ2v) is 13.1. The van der Waals surface area contributed by atoms with Gasteiger partial charge in [0.1, 0.15) is 6.10 Å². The molecule has 6 heteroatoms. The maximum atomic E-state index is 12.2. The SMILES string of the molecule is CC(=O)O[C@H]1CCC2C3CC[C@@]4(O)CC5(CC[C@]4(CI)C3=CC[C@@]21C)OCC(C)(C)CO5. The number of esters is 1. The van der Waals surface area contributed by atoms with E-state index >= 15 is 0 Å². The first-order valence-electron chi connectivity index (χ1n) is 12.4. The fraction of sp³-hybridized carbons (Fsp3) is 0.885. The van der Waals surface area contributed by atoms with Crippen molar-refractivity contribution < 1.29 is 24.1 Å². The molecule has 5 rings (SSSR count). The molecule has 0 amide bonds. The lowest BCUT2D eigenvalue weighted by Crippen LogP contribution is -2.66. The van der Waals surface area contributed by atoms with Crippen molar-refractivity contribution in [3.8, 4) is 0 Å². The van der Waals surface area contributed by atoms with Gasteiger partial charge in [0, 0.05) is 40.4 Å². The highest BCUT2D eigenvalue weighted by molar-refractivity contribution is 14.1. The molecular formula is C26H39IO5. The van der Waals surface area contributed by atoms with E-state index in [9.17, 15) is 9.90 Å². The molecule has 1 spiro atoms. The Labute approximate surface area is 206 Å². The van der Waals surface area contributed by atoms with Crippen molar-refractivity contribution in [1.29, 1.82) is 0 Å². The van der Waals surface area contributed by atoms with Crippen LogP contribution < -0.4 is 0 Å². The van der Waals surface area contributed by atoms with Crippen LogP contribution in [0.25, 0.3) is 0 Å². The van der Waals surface area contributed by atoms with E-state index in [4.69, 9.17) is 14.2 Å². The van der Waals surface area contributed by atoms with E-state index in [1.807, 2.05) is 0 Å². The molecule has 0 radical (unpaired) electrons. The second-order valence-electron chi connectivity index (χ2n) is 12.4. The molecule has 32 heavy (non-hydrogen) atoms. The van der Waals surface area contributed by atoms with Gasteiger partial charge in [-0.05, 0) is 50.4 Å². The first kappa shape index (κ1) is 23.6. The Bertz CT molecular complexity index is 813. The Hall–Kier alpha value is -0.180. The first-order valence-corrected chi connectivity index (χ1v) is 13.9. The van der Waals surface area contributed by atoms with Crippen LogP contribution in [0.4, 0.5) is 0 Å². The molecule has 0 aromatic heterocycles. The van der Waals surface area contributed by atoms with Crippen LogP contribution in [0.1, 0.15) is 79.1 Å². The Morgan fingerprint density at radius 2 is 1.88 bits per heavy atom. The van der Waals surface area contributed by atoms with Crippen LogP contribution in [0.5, 0.6) is 0 Å². The molecule has 6 atom stereocenters. The summed E-state index contributed by atoms with van der Waals surface area (Å²) in [6.45, 7) is 9.57. The van der Waals surface area contributed by atoms with Gasteiger partial charge in [-0.15, -0.1) is 0 Å². The Kier molecular flexibility index (Phi) is 5.64. The number of allylic oxidation sites excluding steroid dienone is 1. The normalized spacial score (nSPS) is 46.6. The van der Waals surface area contributed by atoms with Crippen molar-refractivity contribution in [3.63, 3.8) is 0 Å². The number of ether oxygens (including phenoxy) is 3. The first-order chi connectivity index (χ1) is 15.0. The van der Waals surface area contributed by atoms with E-state index in [1.54, 1.807) is 0 Å². The van der Waals surface area contributed by atoms with Crippen molar-refractivity contribution in [2.24, 2.45) is 28.1 Å². The third-order valence-corrected chi connectivity index (χ3v) is 11.1. The van der Waals surface area contributed by atoms with Crippen LogP contribution in [-0.2, 0) is 19.0 Å². The summed E-state index contributed by atoms with van der Waals surface area (Å²) in [6, 6.07) is 0. The zero-order chi connectivity index (χ0) is 23.0. The monoisotopic (exact) mass is 558 g/mol. The molecule has 0 bridgehead atoms. The van der Waals surface area contributed by atoms with E-state index in [0.29, 0.717) is 31.5 Å². The topological polar surface area (TPSA) is 65.0 Å². The zero-order valence-electron chi connectivity index (χ0n) is 20.0. The van der Waals surface area contributed by atoms with E-state index in [0.717, 1.165) is 49.4 Å². The Morgan fingerprint density at radius 3 is 2.53 bits per heavy atom. The van der Waals surface area contributed by atoms with Crippen molar-refractivity contribution in [3.05, 3.63) is 11.6 Å². The number of hydrogen-bond donors (Lipinski definition) is 1. The summed E-state index contributed by atoms with van der Waals surface area (Å²) >= 11 is 2.51. The maximum Gasteiger partial charge on any atom is 0.302 e. The molecule has 0 aromatic carbocycles. The number of alkyl halides is 1. The molecule has 4 aliphatic carbocycles. The van der Waals surface area contributed by atoms with Gasteiger partial charge in [-0.25, -0.2) is 0 Å². The second kappa shape index (κ2) is 7.66. The van der Waals surface area contributed by atoms with Crippen molar-refractivity contribution in [2.45, 2.75) is 96.6 Å². The Balaban J connectivity index is 1.44. The fourth-order valence-electron chi connectivity index (χ4n) is 7.90. The van der Waals surface area contributed by atoms with Crippen LogP contribution in [0, 0.1) is 28.1 Å². The number of hydrogen-bond acceptors (Lipinski definition) is 5. The lowest BCUT2D eigenvalue weighted by molar-refractivity contribution is -0.342. The lowest BCUT2D eigenvalue weighted by Gasteiger charge is -2.63. The average Bonchev–Trinajstić information content (AvgIpc) is 3.06. The predicted octanol–water partition coefficient (Wildman–Crippen LogP) is 5.18. The number of halogens is 1. The smallest absolute Gasteiger partial charge is 0.302 e. The largest absolute Gasteiger partial charge is 0.462 e. The molecule has 2 unspecified atom stereocenters. The lowest BCUT2D eigenvalue weighted by atomic mass is 9.47. The predicted molar refractivity (Wildman–Crippen MR) is 130 cm³/mol. The molecule has 5 aliphatic rings. The van der Waals surface area contributed by atoms with Gasteiger partial charge in [0.05, 0.1) is 18.8 Å². The number of fused-ring (bicyclic) bond motifs is 5. The highest BCUT2D eigenvalue weighted by Gasteiger charge is 2.66. The van der Waals surface area contributed by atoms with Crippen LogP contribution in [0.3, 0.4) is 0 Å². The minimum atomic E-state index is -0.794. The molecule has 1 heterocycles. The molecule has 0 aromatic rings. The minimum absolute atomic E-state index is 0.0127. The van der Waals surface area contributed by atoms with E-state index < -0.39 is 11.4 Å². The molecular weight excluding hydrogens is 519 g/mol. The van der Waals surface area contributed by atoms with E-state index in [1.165, 1.54) is 12.5 Å². The minimum Gasteiger partial charge on any atom is -0.462 e. The third-order valence-electron chi connectivity index (χ3n) is 9.76.